The molecule has 0 amide bonds. The number of phenols is 2. The topological polar surface area (TPSA) is 130 Å². The van der Waals surface area contributed by atoms with E-state index < -0.39 is 43.6 Å². The van der Waals surface area contributed by atoms with E-state index in [0.717, 1.165) is 13.2 Å². The van der Waals surface area contributed by atoms with Crippen molar-refractivity contribution in [2.45, 2.75) is 4.90 Å². The normalized spacial score (nSPS) is 10.7. The molecule has 2 aromatic carbocycles. The molecule has 3 N–H and O–H groups in total. The SMILES string of the molecule is COc1ccc(C(=O)c2c[c-]c(OC)c(S(=O)(=O)O)c2O)c(O)c1.[Na+]. The van der Waals surface area contributed by atoms with Crippen molar-refractivity contribution in [1.29, 1.82) is 0 Å². The summed E-state index contributed by atoms with van der Waals surface area (Å²) in [7, 11) is -2.39. The average Bonchev–Trinajstić information content (AvgIpc) is 2.52. The zero-order chi connectivity index (χ0) is 18.1. The first-order chi connectivity index (χ1) is 11.2. The molecule has 0 bridgehead atoms. The first-order valence-electron chi connectivity index (χ1n) is 6.41. The molecule has 0 atom stereocenters. The summed E-state index contributed by atoms with van der Waals surface area (Å²) in [5.41, 5.74) is -0.685. The molecule has 0 radical (unpaired) electrons. The Balaban J connectivity index is 0.00000312. The predicted octanol–water partition coefficient (Wildman–Crippen LogP) is -1.60. The molecule has 0 aliphatic heterocycles. The minimum absolute atomic E-state index is 0. The molecule has 2 aromatic rings. The van der Waals surface area contributed by atoms with Gasteiger partial charge in [0.1, 0.15) is 17.3 Å². The van der Waals surface area contributed by atoms with Crippen LogP contribution in [0.25, 0.3) is 0 Å². The van der Waals surface area contributed by atoms with Crippen molar-refractivity contribution in [2.75, 3.05) is 14.2 Å². The Hall–Kier alpha value is -1.78. The minimum atomic E-state index is -4.88. The summed E-state index contributed by atoms with van der Waals surface area (Å²) in [5.74, 6) is -2.47. The summed E-state index contributed by atoms with van der Waals surface area (Å²) in [6.07, 6.45) is 0. The molecule has 8 nitrogen and oxygen atoms in total. The van der Waals surface area contributed by atoms with Crippen molar-refractivity contribution >= 4 is 15.9 Å². The van der Waals surface area contributed by atoms with Crippen LogP contribution in [0.1, 0.15) is 15.9 Å². The van der Waals surface area contributed by atoms with Gasteiger partial charge in [-0.3, -0.25) is 4.55 Å². The van der Waals surface area contributed by atoms with E-state index in [4.69, 9.17) is 9.47 Å². The zero-order valence-corrected chi connectivity index (χ0v) is 16.4. The van der Waals surface area contributed by atoms with Gasteiger partial charge in [0.25, 0.3) is 10.1 Å². The maximum Gasteiger partial charge on any atom is 1.00 e. The molecule has 0 saturated carbocycles. The van der Waals surface area contributed by atoms with Gasteiger partial charge < -0.3 is 24.5 Å². The zero-order valence-electron chi connectivity index (χ0n) is 13.6. The fraction of sp³-hybridized carbons (Fsp3) is 0.133. The smallest absolute Gasteiger partial charge is 0.531 e. The largest absolute Gasteiger partial charge is 1.00 e. The van der Waals surface area contributed by atoms with Crippen LogP contribution in [0.5, 0.6) is 23.0 Å². The van der Waals surface area contributed by atoms with Gasteiger partial charge in [0.05, 0.1) is 24.7 Å². The van der Waals surface area contributed by atoms with Crippen LogP contribution >= 0.6 is 0 Å². The molecule has 0 aliphatic carbocycles. The molecular weight excluding hydrogens is 363 g/mol. The maximum absolute atomic E-state index is 12.5. The second-order valence-electron chi connectivity index (χ2n) is 4.60. The Kier molecular flexibility index (Phi) is 6.86. The van der Waals surface area contributed by atoms with Gasteiger partial charge in [0.2, 0.25) is 0 Å². The van der Waals surface area contributed by atoms with Crippen molar-refractivity contribution in [3.05, 3.63) is 41.5 Å². The van der Waals surface area contributed by atoms with E-state index in [0.29, 0.717) is 5.75 Å². The summed E-state index contributed by atoms with van der Waals surface area (Å²) in [5, 5.41) is 20.0. The third-order valence-corrected chi connectivity index (χ3v) is 4.07. The molecule has 0 fully saturated rings. The van der Waals surface area contributed by atoms with Gasteiger partial charge in [0.15, 0.2) is 0 Å². The monoisotopic (exact) mass is 376 g/mol. The summed E-state index contributed by atoms with van der Waals surface area (Å²) in [4.78, 5) is 11.5. The number of rotatable bonds is 5. The molecule has 0 heterocycles. The van der Waals surface area contributed by atoms with Crippen LogP contribution in [0.15, 0.2) is 29.2 Å². The number of hydrogen-bond donors (Lipinski definition) is 3. The third kappa shape index (κ3) is 4.25. The number of ether oxygens (including phenoxy) is 2. The van der Waals surface area contributed by atoms with Gasteiger partial charge in [-0.15, -0.1) is 6.07 Å². The van der Waals surface area contributed by atoms with Gasteiger partial charge in [0, 0.05) is 17.6 Å². The van der Waals surface area contributed by atoms with Crippen LogP contribution in [0.2, 0.25) is 0 Å². The van der Waals surface area contributed by atoms with Crippen molar-refractivity contribution in [2.24, 2.45) is 0 Å². The molecule has 2 rings (SSSR count). The Morgan fingerprint density at radius 2 is 1.76 bits per heavy atom. The van der Waals surface area contributed by atoms with E-state index in [9.17, 15) is 28.0 Å². The number of methoxy groups -OCH3 is 2. The third-order valence-electron chi connectivity index (χ3n) is 3.18. The number of phenolic OH excluding ortho intramolecular Hbond substituents is 2. The molecule has 0 aromatic heterocycles. The Morgan fingerprint density at radius 1 is 1.12 bits per heavy atom. The van der Waals surface area contributed by atoms with E-state index in [1.165, 1.54) is 25.3 Å². The number of hydrogen-bond acceptors (Lipinski definition) is 7. The van der Waals surface area contributed by atoms with Gasteiger partial charge in [-0.05, 0) is 17.7 Å². The molecule has 0 aliphatic rings. The van der Waals surface area contributed by atoms with Gasteiger partial charge in [-0.1, -0.05) is 0 Å². The number of carbonyl (C=O) groups excluding carboxylic acids is 1. The first-order valence-corrected chi connectivity index (χ1v) is 7.85. The number of ketones is 1. The summed E-state index contributed by atoms with van der Waals surface area (Å²) < 4.78 is 41.7. The van der Waals surface area contributed by atoms with Gasteiger partial charge in [-0.25, -0.2) is 8.42 Å². The standard InChI is InChI=1S/C15H13O8S.Na/c1-22-8-3-4-9(11(16)7-8)13(17)10-5-6-12(23-2)15(14(10)18)24(19,20)21;/h3-5,7,16,18H,1-2H3,(H,19,20,21);/q-1;+1. The Bertz CT molecular complexity index is 908. The summed E-state index contributed by atoms with van der Waals surface area (Å²) >= 11 is 0. The van der Waals surface area contributed by atoms with Crippen LogP contribution in [0.4, 0.5) is 0 Å². The molecule has 0 unspecified atom stereocenters. The van der Waals surface area contributed by atoms with E-state index in [1.807, 2.05) is 0 Å². The van der Waals surface area contributed by atoms with Crippen molar-refractivity contribution in [3.63, 3.8) is 0 Å². The second-order valence-corrected chi connectivity index (χ2v) is 5.96. The summed E-state index contributed by atoms with van der Waals surface area (Å²) in [6, 6.07) is 7.17. The molecule has 25 heavy (non-hydrogen) atoms. The Morgan fingerprint density at radius 3 is 2.24 bits per heavy atom. The minimum Gasteiger partial charge on any atom is -0.531 e. The van der Waals surface area contributed by atoms with E-state index >= 15 is 0 Å². The molecule has 0 saturated heterocycles. The number of aromatic hydroxyl groups is 2. The fourth-order valence-corrected chi connectivity index (χ4v) is 2.77. The summed E-state index contributed by atoms with van der Waals surface area (Å²) in [6.45, 7) is 0. The predicted molar refractivity (Wildman–Crippen MR) is 81.4 cm³/mol. The van der Waals surface area contributed by atoms with E-state index in [1.54, 1.807) is 0 Å². The van der Waals surface area contributed by atoms with E-state index in [-0.39, 0.29) is 35.1 Å². The molecule has 0 spiro atoms. The van der Waals surface area contributed by atoms with Crippen molar-refractivity contribution in [1.82, 2.24) is 0 Å². The first kappa shape index (κ1) is 21.3. The van der Waals surface area contributed by atoms with Crippen molar-refractivity contribution < 1.29 is 67.0 Å². The van der Waals surface area contributed by atoms with E-state index in [2.05, 4.69) is 6.07 Å². The number of carbonyl (C=O) groups is 1. The van der Waals surface area contributed by atoms with Crippen LogP contribution in [-0.4, -0.2) is 43.2 Å². The van der Waals surface area contributed by atoms with Crippen LogP contribution in [0.3, 0.4) is 0 Å². The fourth-order valence-electron chi connectivity index (χ4n) is 2.04. The van der Waals surface area contributed by atoms with Gasteiger partial charge in [-0.2, -0.15) is 6.07 Å². The number of benzene rings is 2. The average molecular weight is 376 g/mol. The van der Waals surface area contributed by atoms with Crippen LogP contribution < -0.4 is 39.0 Å². The Labute approximate surface area is 166 Å². The quantitative estimate of drug-likeness (QED) is 0.246. The molecular formula is C15H13NaO8S. The second kappa shape index (κ2) is 8.07. The van der Waals surface area contributed by atoms with Crippen molar-refractivity contribution in [3.8, 4) is 23.0 Å². The van der Waals surface area contributed by atoms with Crippen LogP contribution in [-0.2, 0) is 10.1 Å². The molecule has 128 valence electrons. The molecule has 10 heteroatoms. The van der Waals surface area contributed by atoms with Crippen LogP contribution in [0, 0.1) is 6.07 Å². The maximum atomic E-state index is 12.5. The van der Waals surface area contributed by atoms with Gasteiger partial charge >= 0.3 is 29.6 Å².